The van der Waals surface area contributed by atoms with Crippen LogP contribution in [0.5, 0.6) is 0 Å². The molecule has 0 radical (unpaired) electrons. The highest BCUT2D eigenvalue weighted by molar-refractivity contribution is 7.71. The molecule has 24 heavy (non-hydrogen) atoms. The normalized spacial score (nSPS) is 11.4. The van der Waals surface area contributed by atoms with Crippen molar-refractivity contribution in [2.24, 2.45) is 14.1 Å². The quantitative estimate of drug-likeness (QED) is 0.646. The number of benzene rings is 1. The number of fused-ring (bicyclic) bond motifs is 1. The van der Waals surface area contributed by atoms with E-state index in [4.69, 9.17) is 28.2 Å². The van der Waals surface area contributed by atoms with Crippen molar-refractivity contribution in [1.82, 2.24) is 18.7 Å². The molecule has 0 fully saturated rings. The number of oxazole rings is 1. The van der Waals surface area contributed by atoms with Crippen LogP contribution in [-0.2, 0) is 20.5 Å². The van der Waals surface area contributed by atoms with Gasteiger partial charge in [0.15, 0.2) is 22.1 Å². The molecular formula is C14H12ClFN4O3S. The van der Waals surface area contributed by atoms with Gasteiger partial charge in [-0.3, -0.25) is 9.13 Å². The van der Waals surface area contributed by atoms with E-state index in [1.807, 2.05) is 0 Å². The molecule has 1 aromatic carbocycles. The van der Waals surface area contributed by atoms with Crippen molar-refractivity contribution in [3.8, 4) is 5.69 Å². The zero-order valence-electron chi connectivity index (χ0n) is 13.0. The zero-order valence-corrected chi connectivity index (χ0v) is 14.5. The third-order valence-corrected chi connectivity index (χ3v) is 4.48. The lowest BCUT2D eigenvalue weighted by Crippen LogP contribution is -2.43. The Hall–Kier alpha value is -2.26. The summed E-state index contributed by atoms with van der Waals surface area (Å²) in [6.45, 7) is 1.80. The predicted molar refractivity (Wildman–Crippen MR) is 89.0 cm³/mol. The summed E-state index contributed by atoms with van der Waals surface area (Å²) in [6, 6.07) is 0.995. The Morgan fingerprint density at radius 1 is 1.29 bits per heavy atom. The van der Waals surface area contributed by atoms with Gasteiger partial charge in [-0.05, 0) is 18.3 Å². The predicted octanol–water partition coefficient (Wildman–Crippen LogP) is 2.10. The van der Waals surface area contributed by atoms with E-state index in [1.54, 1.807) is 6.92 Å². The van der Waals surface area contributed by atoms with Gasteiger partial charge in [0.05, 0.1) is 5.02 Å². The first-order chi connectivity index (χ1) is 11.3. The highest BCUT2D eigenvalue weighted by Crippen LogP contribution is 2.31. The number of aryl methyl sites for hydroxylation is 1. The van der Waals surface area contributed by atoms with Gasteiger partial charge >= 0.3 is 11.4 Å². The number of rotatable bonds is 2. The minimum atomic E-state index is -0.873. The largest absolute Gasteiger partial charge is 0.438 e. The third kappa shape index (κ3) is 2.23. The maximum atomic E-state index is 14.6. The monoisotopic (exact) mass is 370 g/mol. The summed E-state index contributed by atoms with van der Waals surface area (Å²) in [6.07, 6.45) is 0.442. The molecule has 0 unspecified atom stereocenters. The van der Waals surface area contributed by atoms with Crippen LogP contribution in [0.25, 0.3) is 16.8 Å². The third-order valence-electron chi connectivity index (χ3n) is 3.65. The molecule has 0 saturated carbocycles. The van der Waals surface area contributed by atoms with Crippen molar-refractivity contribution in [1.29, 1.82) is 0 Å². The summed E-state index contributed by atoms with van der Waals surface area (Å²) in [4.78, 5) is 29.2. The van der Waals surface area contributed by atoms with Crippen molar-refractivity contribution in [3.05, 3.63) is 48.5 Å². The molecule has 3 rings (SSSR count). The van der Waals surface area contributed by atoms with E-state index in [9.17, 15) is 14.0 Å². The van der Waals surface area contributed by atoms with Gasteiger partial charge in [-0.25, -0.2) is 23.5 Å². The smallest absolute Gasteiger partial charge is 0.339 e. The van der Waals surface area contributed by atoms with Gasteiger partial charge in [-0.2, -0.15) is 0 Å². The Balaban J connectivity index is 2.58. The number of aromatic nitrogens is 4. The van der Waals surface area contributed by atoms with Crippen molar-refractivity contribution in [2.75, 3.05) is 0 Å². The van der Waals surface area contributed by atoms with Crippen LogP contribution in [0.15, 0.2) is 20.1 Å². The first-order valence-corrected chi connectivity index (χ1v) is 7.73. The average molecular weight is 371 g/mol. The highest BCUT2D eigenvalue weighted by Gasteiger charge is 2.23. The Kier molecular flexibility index (Phi) is 3.92. The van der Waals surface area contributed by atoms with Gasteiger partial charge in [-0.1, -0.05) is 18.5 Å². The molecular weight excluding hydrogens is 359 g/mol. The lowest BCUT2D eigenvalue weighted by atomic mass is 10.2. The molecule has 0 saturated heterocycles. The summed E-state index contributed by atoms with van der Waals surface area (Å²) in [5.41, 5.74) is -1.80. The van der Waals surface area contributed by atoms with Crippen LogP contribution in [0.2, 0.25) is 5.02 Å². The average Bonchev–Trinajstić information content (AvgIpc) is 2.98. The molecule has 0 spiro atoms. The molecule has 2 aromatic heterocycles. The SMILES string of the molecule is CCc1nc2c(Cl)cc(F)c(-n3c(=O)n(C)c(=S)n(C)c3=O)c2o1. The summed E-state index contributed by atoms with van der Waals surface area (Å²) in [5, 5.41) is 0.0313. The number of nitrogens with zero attached hydrogens (tertiary/aromatic N) is 4. The van der Waals surface area contributed by atoms with Crippen LogP contribution < -0.4 is 11.4 Å². The fraction of sp³-hybridized carbons (Fsp3) is 0.286. The van der Waals surface area contributed by atoms with E-state index < -0.39 is 17.2 Å². The van der Waals surface area contributed by atoms with E-state index >= 15 is 0 Å². The second-order valence-electron chi connectivity index (χ2n) is 5.13. The van der Waals surface area contributed by atoms with E-state index in [0.29, 0.717) is 16.9 Å². The molecule has 0 N–H and O–H groups in total. The maximum Gasteiger partial charge on any atom is 0.339 e. The van der Waals surface area contributed by atoms with Gasteiger partial charge in [0.25, 0.3) is 0 Å². The molecule has 0 atom stereocenters. The molecule has 126 valence electrons. The van der Waals surface area contributed by atoms with Gasteiger partial charge in [0, 0.05) is 20.5 Å². The molecule has 10 heteroatoms. The van der Waals surface area contributed by atoms with Gasteiger partial charge < -0.3 is 4.42 Å². The van der Waals surface area contributed by atoms with Crippen LogP contribution in [0.4, 0.5) is 4.39 Å². The van der Waals surface area contributed by atoms with E-state index in [2.05, 4.69) is 4.98 Å². The lowest BCUT2D eigenvalue weighted by Gasteiger charge is -2.11. The van der Waals surface area contributed by atoms with E-state index in [1.165, 1.54) is 14.1 Å². The van der Waals surface area contributed by atoms with Gasteiger partial charge in [0.2, 0.25) is 0 Å². The fourth-order valence-electron chi connectivity index (χ4n) is 2.36. The second-order valence-corrected chi connectivity index (χ2v) is 5.90. The van der Waals surface area contributed by atoms with Crippen molar-refractivity contribution >= 4 is 34.9 Å². The first-order valence-electron chi connectivity index (χ1n) is 6.94. The molecule has 0 aliphatic carbocycles. The number of hydrogen-bond donors (Lipinski definition) is 0. The van der Waals surface area contributed by atoms with Crippen LogP contribution in [0.1, 0.15) is 12.8 Å². The Bertz CT molecular complexity index is 1120. The number of halogens is 2. The fourth-order valence-corrected chi connectivity index (χ4v) is 2.74. The van der Waals surface area contributed by atoms with Crippen LogP contribution >= 0.6 is 23.8 Å². The zero-order chi connectivity index (χ0) is 17.8. The lowest BCUT2D eigenvalue weighted by molar-refractivity contribution is 0.524. The first kappa shape index (κ1) is 16.6. The molecule has 7 nitrogen and oxygen atoms in total. The van der Waals surface area contributed by atoms with Crippen molar-refractivity contribution in [3.63, 3.8) is 0 Å². The summed E-state index contributed by atoms with van der Waals surface area (Å²) < 4.78 is 22.9. The molecule has 0 bridgehead atoms. The molecule has 2 heterocycles. The molecule has 0 aliphatic rings. The molecule has 0 amide bonds. The molecule has 0 aliphatic heterocycles. The summed E-state index contributed by atoms with van der Waals surface area (Å²) >= 11 is 11.0. The Morgan fingerprint density at radius 2 is 1.88 bits per heavy atom. The minimum Gasteiger partial charge on any atom is -0.438 e. The summed E-state index contributed by atoms with van der Waals surface area (Å²) in [5.74, 6) is -0.560. The molecule has 3 aromatic rings. The Labute approximate surface area is 144 Å². The van der Waals surface area contributed by atoms with Gasteiger partial charge in [0.1, 0.15) is 11.2 Å². The Morgan fingerprint density at radius 3 is 2.42 bits per heavy atom. The summed E-state index contributed by atoms with van der Waals surface area (Å²) in [7, 11) is 2.78. The van der Waals surface area contributed by atoms with Crippen LogP contribution in [-0.4, -0.2) is 18.7 Å². The second kappa shape index (κ2) is 5.67. The van der Waals surface area contributed by atoms with Crippen LogP contribution in [0.3, 0.4) is 0 Å². The standard InChI is InChI=1S/C14H12ClFN4O3S/c1-4-8-17-9-6(15)5-7(16)10(11(9)23-8)20-12(21)18(2)14(24)19(3)13(20)22/h5H,4H2,1-3H3. The minimum absolute atomic E-state index is 0.0127. The van der Waals surface area contributed by atoms with Crippen LogP contribution in [0, 0.1) is 10.6 Å². The van der Waals surface area contributed by atoms with Crippen molar-refractivity contribution in [2.45, 2.75) is 13.3 Å². The van der Waals surface area contributed by atoms with Gasteiger partial charge in [-0.15, -0.1) is 0 Å². The maximum absolute atomic E-state index is 14.6. The number of hydrogen-bond acceptors (Lipinski definition) is 5. The topological polar surface area (TPSA) is 75.0 Å². The van der Waals surface area contributed by atoms with E-state index in [0.717, 1.165) is 15.2 Å². The van der Waals surface area contributed by atoms with Crippen molar-refractivity contribution < 1.29 is 8.81 Å². The van der Waals surface area contributed by atoms with E-state index in [-0.39, 0.29) is 26.6 Å². The highest BCUT2D eigenvalue weighted by atomic mass is 35.5.